The molecule has 0 saturated heterocycles. The highest BCUT2D eigenvalue weighted by atomic mass is 35.5. The van der Waals surface area contributed by atoms with Crippen LogP contribution in [0.3, 0.4) is 0 Å². The van der Waals surface area contributed by atoms with Gasteiger partial charge in [0, 0.05) is 28.7 Å². The summed E-state index contributed by atoms with van der Waals surface area (Å²) in [5.74, 6) is 0.277. The fourth-order valence-corrected chi connectivity index (χ4v) is 4.05. The van der Waals surface area contributed by atoms with E-state index in [1.807, 2.05) is 19.9 Å². The Balaban J connectivity index is 2.02. The van der Waals surface area contributed by atoms with E-state index in [2.05, 4.69) is 6.07 Å². The van der Waals surface area contributed by atoms with E-state index in [0.29, 0.717) is 22.9 Å². The molecule has 0 aromatic heterocycles. The topological polar surface area (TPSA) is 73.6 Å². The van der Waals surface area contributed by atoms with E-state index in [1.54, 1.807) is 41.1 Å². The second-order valence-corrected chi connectivity index (χ2v) is 8.13. The highest BCUT2D eigenvalue weighted by Crippen LogP contribution is 2.43. The zero-order valence-corrected chi connectivity index (χ0v) is 16.4. The molecule has 2 aromatic rings. The van der Waals surface area contributed by atoms with Crippen LogP contribution >= 0.6 is 20.2 Å². The SMILES string of the molecule is CC1(C)Oc2ccc(C#N)cc2C(CN([PH2]=O)c2cccc(Cl)c2)C1O. The number of hydrogen-bond donors (Lipinski definition) is 1. The van der Waals surface area contributed by atoms with Crippen LogP contribution in [0.2, 0.25) is 5.02 Å². The molecule has 1 aliphatic heterocycles. The van der Waals surface area contributed by atoms with Crippen molar-refractivity contribution in [2.45, 2.75) is 31.5 Å². The number of rotatable bonds is 4. The summed E-state index contributed by atoms with van der Waals surface area (Å²) in [4.78, 5) is 0. The number of nitriles is 1. The molecule has 0 bridgehead atoms. The predicted molar refractivity (Wildman–Crippen MR) is 104 cm³/mol. The highest BCUT2D eigenvalue weighted by Gasteiger charge is 2.43. The Morgan fingerprint density at radius 3 is 2.77 bits per heavy atom. The first-order valence-electron chi connectivity index (χ1n) is 8.24. The van der Waals surface area contributed by atoms with Gasteiger partial charge in [0.25, 0.3) is 0 Å². The number of nitrogens with zero attached hydrogens (tertiary/aromatic N) is 2. The van der Waals surface area contributed by atoms with Crippen molar-refractivity contribution in [1.82, 2.24) is 0 Å². The number of aliphatic hydroxyl groups is 1. The molecular weight excluding hydrogens is 371 g/mol. The molecular formula is C19H20ClN2O3P. The van der Waals surface area contributed by atoms with Gasteiger partial charge in [-0.25, -0.2) is 0 Å². The van der Waals surface area contributed by atoms with Gasteiger partial charge in [-0.05, 0) is 50.2 Å². The van der Waals surface area contributed by atoms with Crippen molar-refractivity contribution in [3.05, 3.63) is 58.6 Å². The molecule has 136 valence electrons. The van der Waals surface area contributed by atoms with Crippen molar-refractivity contribution in [1.29, 1.82) is 5.26 Å². The third kappa shape index (κ3) is 3.59. The second kappa shape index (κ2) is 7.32. The van der Waals surface area contributed by atoms with Gasteiger partial charge in [0.2, 0.25) is 0 Å². The number of benzene rings is 2. The maximum atomic E-state index is 11.9. The number of ether oxygens (including phenoxy) is 1. The van der Waals surface area contributed by atoms with Crippen LogP contribution in [0.1, 0.15) is 30.9 Å². The van der Waals surface area contributed by atoms with Crippen molar-refractivity contribution >= 4 is 25.9 Å². The van der Waals surface area contributed by atoms with E-state index in [9.17, 15) is 14.9 Å². The fraction of sp³-hybridized carbons (Fsp3) is 0.316. The van der Waals surface area contributed by atoms with Gasteiger partial charge in [0.05, 0.1) is 11.6 Å². The maximum absolute atomic E-state index is 11.9. The molecule has 0 radical (unpaired) electrons. The minimum atomic E-state index is -1.27. The van der Waals surface area contributed by atoms with Gasteiger partial charge in [0.15, 0.2) is 0 Å². The molecule has 7 heteroatoms. The van der Waals surface area contributed by atoms with Crippen LogP contribution in [0.4, 0.5) is 5.69 Å². The van der Waals surface area contributed by atoms with E-state index < -0.39 is 20.3 Å². The van der Waals surface area contributed by atoms with Gasteiger partial charge in [0.1, 0.15) is 26.1 Å². The molecule has 1 heterocycles. The number of halogens is 1. The average molecular weight is 391 g/mol. The molecule has 0 fully saturated rings. The Hall–Kier alpha value is -1.99. The van der Waals surface area contributed by atoms with Crippen LogP contribution in [0.25, 0.3) is 0 Å². The average Bonchev–Trinajstić information content (AvgIpc) is 2.62. The van der Waals surface area contributed by atoms with Crippen LogP contribution in [0.15, 0.2) is 42.5 Å². The highest BCUT2D eigenvalue weighted by molar-refractivity contribution is 7.26. The van der Waals surface area contributed by atoms with E-state index in [0.717, 1.165) is 11.3 Å². The molecule has 3 rings (SSSR count). The van der Waals surface area contributed by atoms with E-state index in [-0.39, 0.29) is 5.92 Å². The summed E-state index contributed by atoms with van der Waals surface area (Å²) in [7, 11) is -1.27. The zero-order chi connectivity index (χ0) is 18.9. The molecule has 1 N–H and O–H groups in total. The molecule has 26 heavy (non-hydrogen) atoms. The van der Waals surface area contributed by atoms with Crippen molar-refractivity contribution in [2.24, 2.45) is 0 Å². The lowest BCUT2D eigenvalue weighted by atomic mass is 9.81. The Morgan fingerprint density at radius 2 is 2.12 bits per heavy atom. The van der Waals surface area contributed by atoms with Gasteiger partial charge in [-0.3, -0.25) is 0 Å². The minimum absolute atomic E-state index is 0.328. The summed E-state index contributed by atoms with van der Waals surface area (Å²) in [5.41, 5.74) is 1.17. The summed E-state index contributed by atoms with van der Waals surface area (Å²) < 4.78 is 19.6. The van der Waals surface area contributed by atoms with Crippen LogP contribution in [-0.4, -0.2) is 23.4 Å². The first-order chi connectivity index (χ1) is 12.4. The Morgan fingerprint density at radius 1 is 1.35 bits per heavy atom. The van der Waals surface area contributed by atoms with E-state index >= 15 is 0 Å². The van der Waals surface area contributed by atoms with Crippen molar-refractivity contribution < 1.29 is 14.4 Å². The summed E-state index contributed by atoms with van der Waals surface area (Å²) >= 11 is 6.06. The number of fused-ring (bicyclic) bond motifs is 1. The summed E-state index contributed by atoms with van der Waals surface area (Å²) in [5, 5.41) is 20.7. The van der Waals surface area contributed by atoms with Crippen LogP contribution in [0.5, 0.6) is 5.75 Å². The van der Waals surface area contributed by atoms with Gasteiger partial charge in [-0.1, -0.05) is 17.7 Å². The van der Waals surface area contributed by atoms with Gasteiger partial charge in [-0.15, -0.1) is 0 Å². The first kappa shape index (κ1) is 18.8. The molecule has 3 atom stereocenters. The van der Waals surface area contributed by atoms with Crippen molar-refractivity contribution in [2.75, 3.05) is 11.2 Å². The maximum Gasteiger partial charge on any atom is 0.149 e. The summed E-state index contributed by atoms with van der Waals surface area (Å²) in [6.45, 7) is 3.97. The van der Waals surface area contributed by atoms with Crippen LogP contribution in [-0.2, 0) is 4.57 Å². The number of aliphatic hydroxyl groups excluding tert-OH is 1. The lowest BCUT2D eigenvalue weighted by Crippen LogP contribution is -2.50. The molecule has 0 saturated carbocycles. The lowest BCUT2D eigenvalue weighted by molar-refractivity contribution is -0.0563. The Labute approximate surface area is 159 Å². The zero-order valence-electron chi connectivity index (χ0n) is 14.5. The molecule has 2 aromatic carbocycles. The lowest BCUT2D eigenvalue weighted by Gasteiger charge is -2.43. The minimum Gasteiger partial charge on any atom is -0.485 e. The molecule has 3 unspecified atom stereocenters. The Bertz CT molecular complexity index is 881. The summed E-state index contributed by atoms with van der Waals surface area (Å²) in [6.07, 6.45) is -0.823. The second-order valence-electron chi connectivity index (χ2n) is 6.86. The van der Waals surface area contributed by atoms with Gasteiger partial charge in [-0.2, -0.15) is 5.26 Å². The quantitative estimate of drug-likeness (QED) is 0.798. The summed E-state index contributed by atoms with van der Waals surface area (Å²) in [6, 6.07) is 14.4. The van der Waals surface area contributed by atoms with Crippen LogP contribution in [0, 0.1) is 11.3 Å². The van der Waals surface area contributed by atoms with Crippen molar-refractivity contribution in [3.63, 3.8) is 0 Å². The third-order valence-electron chi connectivity index (χ3n) is 4.67. The van der Waals surface area contributed by atoms with Gasteiger partial charge >= 0.3 is 0 Å². The molecule has 0 amide bonds. The smallest absolute Gasteiger partial charge is 0.149 e. The first-order valence-corrected chi connectivity index (χ1v) is 9.61. The molecule has 0 aliphatic carbocycles. The predicted octanol–water partition coefficient (Wildman–Crippen LogP) is 4.01. The van der Waals surface area contributed by atoms with Crippen LogP contribution < -0.4 is 9.41 Å². The largest absolute Gasteiger partial charge is 0.485 e. The Kier molecular flexibility index (Phi) is 5.29. The number of anilines is 1. The normalized spacial score (nSPS) is 21.0. The molecule has 5 nitrogen and oxygen atoms in total. The number of hydrogen-bond acceptors (Lipinski definition) is 4. The third-order valence-corrected chi connectivity index (χ3v) is 5.66. The van der Waals surface area contributed by atoms with Gasteiger partial charge < -0.3 is 19.1 Å². The molecule has 1 aliphatic rings. The van der Waals surface area contributed by atoms with E-state index in [4.69, 9.17) is 16.3 Å². The standard InChI is InChI=1S/C19H20ClN2O3P/c1-19(2)18(23)16(15-8-12(10-21)6-7-17(15)25-19)11-22(26-24)14-5-3-4-13(20)9-14/h3-9,16,18,23H,11,26H2,1-2H3. The molecule has 0 spiro atoms. The van der Waals surface area contributed by atoms with Crippen molar-refractivity contribution in [3.8, 4) is 11.8 Å². The monoisotopic (exact) mass is 390 g/mol. The van der Waals surface area contributed by atoms with E-state index in [1.165, 1.54) is 0 Å². The fourth-order valence-electron chi connectivity index (χ4n) is 3.27.